The summed E-state index contributed by atoms with van der Waals surface area (Å²) in [6, 6.07) is 8.26. The van der Waals surface area contributed by atoms with Crippen molar-refractivity contribution in [3.05, 3.63) is 35.4 Å². The molecule has 0 aliphatic heterocycles. The minimum atomic E-state index is 0.0888. The molecular formula is C14H21NOS. The van der Waals surface area contributed by atoms with E-state index in [0.29, 0.717) is 5.75 Å². The Morgan fingerprint density at radius 1 is 1.41 bits per heavy atom. The number of benzene rings is 1. The Morgan fingerprint density at radius 3 is 2.76 bits per heavy atom. The number of carbonyl (C=O) groups is 1. The summed E-state index contributed by atoms with van der Waals surface area (Å²) in [4.78, 5) is 11.7. The van der Waals surface area contributed by atoms with E-state index in [2.05, 4.69) is 31.3 Å². The van der Waals surface area contributed by atoms with Crippen LogP contribution in [0.25, 0.3) is 0 Å². The molecule has 1 aromatic carbocycles. The number of rotatable bonds is 6. The van der Waals surface area contributed by atoms with Gasteiger partial charge < -0.3 is 5.32 Å². The molecule has 0 radical (unpaired) electrons. The van der Waals surface area contributed by atoms with Crippen molar-refractivity contribution >= 4 is 17.7 Å². The molecule has 0 aliphatic carbocycles. The number of thioether (sulfide) groups is 1. The Morgan fingerprint density at radius 2 is 2.12 bits per heavy atom. The molecule has 0 aliphatic rings. The standard InChI is InChI=1S/C14H21NOS/c1-4-9-17-10-14(16)15-12(3)13-8-6-5-7-11(13)2/h5-8,12H,4,9-10H2,1-3H3,(H,15,16)/t12-/m0/s1. The van der Waals surface area contributed by atoms with Gasteiger partial charge in [0.15, 0.2) is 0 Å². The molecule has 1 aromatic rings. The van der Waals surface area contributed by atoms with Crippen LogP contribution in [0.3, 0.4) is 0 Å². The third-order valence-electron chi connectivity index (χ3n) is 2.61. The number of amides is 1. The van der Waals surface area contributed by atoms with Gasteiger partial charge in [-0.05, 0) is 37.1 Å². The predicted octanol–water partition coefficient (Wildman–Crippen LogP) is 3.32. The first-order valence-electron chi connectivity index (χ1n) is 6.07. The van der Waals surface area contributed by atoms with Crippen LogP contribution in [0.2, 0.25) is 0 Å². The molecule has 0 saturated heterocycles. The zero-order valence-corrected chi connectivity index (χ0v) is 11.6. The molecule has 1 atom stereocenters. The molecule has 17 heavy (non-hydrogen) atoms. The summed E-state index contributed by atoms with van der Waals surface area (Å²) in [6.45, 7) is 6.23. The van der Waals surface area contributed by atoms with Crippen LogP contribution >= 0.6 is 11.8 Å². The van der Waals surface area contributed by atoms with Gasteiger partial charge in [0, 0.05) is 0 Å². The van der Waals surface area contributed by atoms with E-state index in [0.717, 1.165) is 12.2 Å². The Hall–Kier alpha value is -0.960. The number of hydrogen-bond acceptors (Lipinski definition) is 2. The van der Waals surface area contributed by atoms with Crippen LogP contribution in [-0.2, 0) is 4.79 Å². The van der Waals surface area contributed by atoms with Gasteiger partial charge in [0.1, 0.15) is 0 Å². The lowest BCUT2D eigenvalue weighted by molar-refractivity contribution is -0.119. The van der Waals surface area contributed by atoms with Gasteiger partial charge in [0.25, 0.3) is 0 Å². The highest BCUT2D eigenvalue weighted by atomic mass is 32.2. The topological polar surface area (TPSA) is 29.1 Å². The van der Waals surface area contributed by atoms with Gasteiger partial charge in [-0.15, -0.1) is 0 Å². The third-order valence-corrected chi connectivity index (χ3v) is 3.78. The van der Waals surface area contributed by atoms with Crippen molar-refractivity contribution in [1.29, 1.82) is 0 Å². The van der Waals surface area contributed by atoms with E-state index in [4.69, 9.17) is 0 Å². The van der Waals surface area contributed by atoms with Crippen molar-refractivity contribution < 1.29 is 4.79 Å². The van der Waals surface area contributed by atoms with Crippen LogP contribution in [0.15, 0.2) is 24.3 Å². The van der Waals surface area contributed by atoms with E-state index in [9.17, 15) is 4.79 Å². The molecule has 0 fully saturated rings. The van der Waals surface area contributed by atoms with E-state index in [1.165, 1.54) is 11.1 Å². The molecule has 0 unspecified atom stereocenters. The zero-order valence-electron chi connectivity index (χ0n) is 10.8. The highest BCUT2D eigenvalue weighted by Crippen LogP contribution is 2.16. The molecule has 1 amide bonds. The number of carbonyl (C=O) groups excluding carboxylic acids is 1. The van der Waals surface area contributed by atoms with Gasteiger partial charge in [-0.25, -0.2) is 0 Å². The van der Waals surface area contributed by atoms with Gasteiger partial charge >= 0.3 is 0 Å². The van der Waals surface area contributed by atoms with Crippen molar-refractivity contribution in [2.75, 3.05) is 11.5 Å². The van der Waals surface area contributed by atoms with Crippen LogP contribution < -0.4 is 5.32 Å². The summed E-state index contributed by atoms with van der Waals surface area (Å²) in [5.74, 6) is 1.73. The summed E-state index contributed by atoms with van der Waals surface area (Å²) in [5, 5.41) is 3.04. The van der Waals surface area contributed by atoms with Gasteiger partial charge in [0.2, 0.25) is 5.91 Å². The SMILES string of the molecule is CCCSCC(=O)N[C@@H](C)c1ccccc1C. The first kappa shape index (κ1) is 14.1. The summed E-state index contributed by atoms with van der Waals surface area (Å²) in [5.41, 5.74) is 2.42. The van der Waals surface area contributed by atoms with Crippen molar-refractivity contribution in [3.8, 4) is 0 Å². The van der Waals surface area contributed by atoms with Crippen LogP contribution in [0, 0.1) is 6.92 Å². The van der Waals surface area contributed by atoms with Crippen LogP contribution in [-0.4, -0.2) is 17.4 Å². The molecule has 0 aromatic heterocycles. The lowest BCUT2D eigenvalue weighted by Gasteiger charge is -2.16. The molecule has 0 saturated carbocycles. The maximum Gasteiger partial charge on any atom is 0.230 e. The average molecular weight is 251 g/mol. The molecule has 2 nitrogen and oxygen atoms in total. The lowest BCUT2D eigenvalue weighted by atomic mass is 10.0. The Balaban J connectivity index is 2.46. The van der Waals surface area contributed by atoms with Crippen LogP contribution in [0.4, 0.5) is 0 Å². The van der Waals surface area contributed by atoms with E-state index >= 15 is 0 Å². The fraction of sp³-hybridized carbons (Fsp3) is 0.500. The van der Waals surface area contributed by atoms with E-state index in [1.54, 1.807) is 11.8 Å². The molecule has 1 rings (SSSR count). The molecule has 1 N–H and O–H groups in total. The first-order valence-corrected chi connectivity index (χ1v) is 7.23. The zero-order chi connectivity index (χ0) is 12.7. The predicted molar refractivity (Wildman–Crippen MR) is 75.4 cm³/mol. The maximum atomic E-state index is 11.7. The van der Waals surface area contributed by atoms with E-state index < -0.39 is 0 Å². The lowest BCUT2D eigenvalue weighted by Crippen LogP contribution is -2.28. The van der Waals surface area contributed by atoms with Crippen molar-refractivity contribution in [2.24, 2.45) is 0 Å². The summed E-state index contributed by atoms with van der Waals surface area (Å²) in [7, 11) is 0. The van der Waals surface area contributed by atoms with E-state index in [1.807, 2.05) is 19.1 Å². The quantitative estimate of drug-likeness (QED) is 0.786. The van der Waals surface area contributed by atoms with E-state index in [-0.39, 0.29) is 11.9 Å². The van der Waals surface area contributed by atoms with Crippen molar-refractivity contribution in [3.63, 3.8) is 0 Å². The molecule has 0 spiro atoms. The summed E-state index contributed by atoms with van der Waals surface area (Å²) >= 11 is 1.69. The second kappa shape index (κ2) is 7.38. The number of hydrogen-bond donors (Lipinski definition) is 1. The van der Waals surface area contributed by atoms with Gasteiger partial charge in [-0.2, -0.15) is 11.8 Å². The fourth-order valence-electron chi connectivity index (χ4n) is 1.74. The minimum absolute atomic E-state index is 0.0888. The largest absolute Gasteiger partial charge is 0.349 e. The average Bonchev–Trinajstić information content (AvgIpc) is 2.29. The molecule has 0 bridgehead atoms. The van der Waals surface area contributed by atoms with Crippen molar-refractivity contribution in [1.82, 2.24) is 5.32 Å². The smallest absolute Gasteiger partial charge is 0.230 e. The first-order chi connectivity index (χ1) is 8.15. The maximum absolute atomic E-state index is 11.7. The molecule has 3 heteroatoms. The fourth-order valence-corrected chi connectivity index (χ4v) is 2.44. The normalized spacial score (nSPS) is 12.2. The summed E-state index contributed by atoms with van der Waals surface area (Å²) in [6.07, 6.45) is 1.12. The second-order valence-electron chi connectivity index (χ2n) is 4.20. The number of nitrogens with one attached hydrogen (secondary N) is 1. The number of aryl methyl sites for hydroxylation is 1. The Labute approximate surface area is 108 Å². The highest BCUT2D eigenvalue weighted by Gasteiger charge is 2.10. The van der Waals surface area contributed by atoms with Gasteiger partial charge in [0.05, 0.1) is 11.8 Å². The monoisotopic (exact) mass is 251 g/mol. The van der Waals surface area contributed by atoms with Crippen molar-refractivity contribution in [2.45, 2.75) is 33.2 Å². The third kappa shape index (κ3) is 4.82. The minimum Gasteiger partial charge on any atom is -0.349 e. The summed E-state index contributed by atoms with van der Waals surface area (Å²) < 4.78 is 0. The van der Waals surface area contributed by atoms with Gasteiger partial charge in [-0.1, -0.05) is 31.2 Å². The highest BCUT2D eigenvalue weighted by molar-refractivity contribution is 7.99. The molecular weight excluding hydrogens is 230 g/mol. The second-order valence-corrected chi connectivity index (χ2v) is 5.30. The Kier molecular flexibility index (Phi) is 6.12. The molecule has 0 heterocycles. The Bertz CT molecular complexity index is 365. The van der Waals surface area contributed by atoms with Crippen LogP contribution in [0.5, 0.6) is 0 Å². The molecule has 94 valence electrons. The van der Waals surface area contributed by atoms with Crippen LogP contribution in [0.1, 0.15) is 37.4 Å². The van der Waals surface area contributed by atoms with Gasteiger partial charge in [-0.3, -0.25) is 4.79 Å².